The summed E-state index contributed by atoms with van der Waals surface area (Å²) in [4.78, 5) is 5.45. The number of thiophene rings is 2. The summed E-state index contributed by atoms with van der Waals surface area (Å²) in [6, 6.07) is 52.8. The van der Waals surface area contributed by atoms with Crippen molar-refractivity contribution in [1.82, 2.24) is 0 Å². The fraction of sp³-hybridized carbons (Fsp3) is 0. The van der Waals surface area contributed by atoms with Crippen LogP contribution in [0.25, 0.3) is 0 Å². The Morgan fingerprint density at radius 3 is 0.946 bits per heavy atom. The smallest absolute Gasteiger partial charge is 0.0781 e. The van der Waals surface area contributed by atoms with Crippen LogP contribution in [0.5, 0.6) is 0 Å². The van der Waals surface area contributed by atoms with E-state index < -0.39 is 0 Å². The van der Waals surface area contributed by atoms with Crippen LogP contribution in [0.2, 0.25) is 0 Å². The first-order valence-corrected chi connectivity index (χ1v) is 16.8. The van der Waals surface area contributed by atoms with Crippen LogP contribution in [-0.2, 0) is 21.8 Å². The molecule has 0 aliphatic heterocycles. The summed E-state index contributed by atoms with van der Waals surface area (Å²) < 4.78 is 5.49. The van der Waals surface area contributed by atoms with Gasteiger partial charge in [-0.15, -0.1) is 0 Å². The third-order valence-corrected chi connectivity index (χ3v) is 14.2. The van der Waals surface area contributed by atoms with Gasteiger partial charge >= 0.3 is 0 Å². The zero-order valence-corrected chi connectivity index (χ0v) is 24.0. The monoisotopic (exact) mass is 568 g/mol. The van der Waals surface area contributed by atoms with Crippen molar-refractivity contribution in [3.05, 3.63) is 146 Å². The van der Waals surface area contributed by atoms with Crippen LogP contribution in [0, 0.1) is 0 Å². The second-order valence-electron chi connectivity index (χ2n) is 8.11. The maximum absolute atomic E-state index is 2.32. The van der Waals surface area contributed by atoms with E-state index in [9.17, 15) is 0 Å². The first kappa shape index (κ1) is 24.7. The molecule has 0 atom stereocenters. The van der Waals surface area contributed by atoms with Gasteiger partial charge in [0, 0.05) is 12.1 Å². The quantitative estimate of drug-likeness (QED) is 0.165. The van der Waals surface area contributed by atoms with Gasteiger partial charge in [0.2, 0.25) is 8.42 Å². The summed E-state index contributed by atoms with van der Waals surface area (Å²) in [5, 5.41) is 0. The van der Waals surface area contributed by atoms with Crippen LogP contribution in [0.4, 0.5) is 0 Å². The van der Waals surface area contributed by atoms with Gasteiger partial charge in [-0.3, -0.25) is 0 Å². The van der Waals surface area contributed by atoms with Gasteiger partial charge in [-0.1, -0.05) is 107 Å². The van der Waals surface area contributed by atoms with E-state index in [1.54, 1.807) is 0 Å². The van der Waals surface area contributed by atoms with E-state index in [0.29, 0.717) is 0 Å². The lowest BCUT2D eigenvalue weighted by Crippen LogP contribution is -2.02. The van der Waals surface area contributed by atoms with Gasteiger partial charge in [0.25, 0.3) is 0 Å². The lowest BCUT2D eigenvalue weighted by Gasteiger charge is -2.05. The second kappa shape index (κ2) is 11.8. The minimum absolute atomic E-state index is 0.0938. The molecule has 0 spiro atoms. The standard InChI is InChI=1S/C32H24S5/c1-5-13-25(14-6-1)36(26-15-7-2-8-16-26)31-23-21-29(34-31)33-30-22-24-32(35-30)37(27-17-9-3-10-18-27)28-19-11-4-12-20-28/h1-24H/q+2. The van der Waals surface area contributed by atoms with Crippen LogP contribution in [0.15, 0.2) is 182 Å². The largest absolute Gasteiger partial charge is 0.221 e. The summed E-state index contributed by atoms with van der Waals surface area (Å²) in [6.45, 7) is 0. The molecule has 0 aliphatic carbocycles. The molecule has 2 aromatic heterocycles. The zero-order valence-electron chi connectivity index (χ0n) is 19.9. The van der Waals surface area contributed by atoms with Gasteiger partial charge in [0.1, 0.15) is 21.8 Å². The number of hydrogen-bond acceptors (Lipinski definition) is 3. The predicted octanol–water partition coefficient (Wildman–Crippen LogP) is 10.2. The van der Waals surface area contributed by atoms with Crippen LogP contribution in [0.3, 0.4) is 0 Å². The molecule has 0 saturated carbocycles. The Labute approximate surface area is 236 Å². The van der Waals surface area contributed by atoms with Crippen LogP contribution in [-0.4, -0.2) is 0 Å². The van der Waals surface area contributed by atoms with Crippen molar-refractivity contribution in [2.75, 3.05) is 0 Å². The Morgan fingerprint density at radius 1 is 0.351 bits per heavy atom. The van der Waals surface area contributed by atoms with Crippen LogP contribution >= 0.6 is 34.4 Å². The molecule has 0 saturated heterocycles. The highest BCUT2D eigenvalue weighted by Gasteiger charge is 2.32. The van der Waals surface area contributed by atoms with E-state index in [2.05, 4.69) is 146 Å². The summed E-state index contributed by atoms with van der Waals surface area (Å²) in [5.41, 5.74) is 0. The van der Waals surface area contributed by atoms with Gasteiger partial charge in [-0.25, -0.2) is 0 Å². The summed E-state index contributed by atoms with van der Waals surface area (Å²) in [5.74, 6) is 0. The van der Waals surface area contributed by atoms with E-state index in [4.69, 9.17) is 0 Å². The molecular weight excluding hydrogens is 545 g/mol. The highest BCUT2D eigenvalue weighted by atomic mass is 32.2. The highest BCUT2D eigenvalue weighted by molar-refractivity contribution is 8.04. The van der Waals surface area contributed by atoms with Gasteiger partial charge in [-0.05, 0) is 60.7 Å². The Kier molecular flexibility index (Phi) is 7.86. The Balaban J connectivity index is 1.28. The molecule has 0 nitrogen and oxygen atoms in total. The first-order valence-electron chi connectivity index (χ1n) is 11.9. The average Bonchev–Trinajstić information content (AvgIpc) is 3.62. The van der Waals surface area contributed by atoms with Gasteiger partial charge in [0.15, 0.2) is 19.6 Å². The average molecular weight is 569 g/mol. The van der Waals surface area contributed by atoms with E-state index in [1.165, 1.54) is 36.4 Å². The number of hydrogen-bond donors (Lipinski definition) is 0. The summed E-state index contributed by atoms with van der Waals surface area (Å²) in [7, 11) is -0.188. The lowest BCUT2D eigenvalue weighted by atomic mass is 10.4. The molecule has 0 radical (unpaired) electrons. The fourth-order valence-electron chi connectivity index (χ4n) is 4.00. The Hall–Kier alpha value is -2.67. The van der Waals surface area contributed by atoms with Crippen molar-refractivity contribution in [2.45, 2.75) is 36.4 Å². The molecule has 4 aromatic carbocycles. The molecule has 0 amide bonds. The molecular formula is C32H24S5+2. The molecule has 0 aliphatic rings. The van der Waals surface area contributed by atoms with Crippen molar-refractivity contribution in [1.29, 1.82) is 0 Å². The van der Waals surface area contributed by atoms with E-state index in [0.717, 1.165) is 0 Å². The third kappa shape index (κ3) is 5.77. The highest BCUT2D eigenvalue weighted by Crippen LogP contribution is 2.44. The SMILES string of the molecule is c1ccc([S+](c2ccccc2)c2ccc(Sc3ccc([S+](c4ccccc4)c4ccccc4)s3)s2)cc1. The molecule has 37 heavy (non-hydrogen) atoms. The summed E-state index contributed by atoms with van der Waals surface area (Å²) in [6.07, 6.45) is 0. The predicted molar refractivity (Wildman–Crippen MR) is 163 cm³/mol. The third-order valence-electron chi connectivity index (χ3n) is 5.63. The summed E-state index contributed by atoms with van der Waals surface area (Å²) >= 11 is 5.73. The molecule has 180 valence electrons. The molecule has 6 rings (SSSR count). The molecule has 6 aromatic rings. The fourth-order valence-corrected chi connectivity index (χ4v) is 13.3. The van der Waals surface area contributed by atoms with Crippen LogP contribution in [0.1, 0.15) is 0 Å². The van der Waals surface area contributed by atoms with Gasteiger partial charge in [0.05, 0.1) is 8.42 Å². The molecule has 0 fully saturated rings. The van der Waals surface area contributed by atoms with Crippen molar-refractivity contribution in [3.63, 3.8) is 0 Å². The maximum atomic E-state index is 2.32. The van der Waals surface area contributed by atoms with Gasteiger partial charge < -0.3 is 0 Å². The number of benzene rings is 4. The zero-order chi connectivity index (χ0) is 24.9. The molecule has 5 heteroatoms. The van der Waals surface area contributed by atoms with E-state index in [1.807, 2.05) is 34.4 Å². The van der Waals surface area contributed by atoms with Crippen molar-refractivity contribution in [2.24, 2.45) is 0 Å². The van der Waals surface area contributed by atoms with E-state index in [-0.39, 0.29) is 21.8 Å². The molecule has 2 heterocycles. The van der Waals surface area contributed by atoms with Gasteiger partial charge in [-0.2, -0.15) is 0 Å². The Morgan fingerprint density at radius 2 is 0.649 bits per heavy atom. The van der Waals surface area contributed by atoms with Crippen molar-refractivity contribution >= 4 is 56.2 Å². The van der Waals surface area contributed by atoms with Crippen LogP contribution < -0.4 is 0 Å². The Bertz CT molecular complexity index is 1340. The molecule has 0 unspecified atom stereocenters. The first-order chi connectivity index (χ1) is 18.3. The molecule has 0 bridgehead atoms. The van der Waals surface area contributed by atoms with Crippen molar-refractivity contribution < 1.29 is 0 Å². The topological polar surface area (TPSA) is 0 Å². The second-order valence-corrected chi connectivity index (χ2v) is 16.4. The maximum Gasteiger partial charge on any atom is 0.221 e. The van der Waals surface area contributed by atoms with E-state index >= 15 is 0 Å². The normalized spacial score (nSPS) is 11.3. The molecule has 0 N–H and O–H groups in total. The lowest BCUT2D eigenvalue weighted by molar-refractivity contribution is 1.36. The minimum atomic E-state index is -0.0938. The minimum Gasteiger partial charge on any atom is -0.0781 e. The number of rotatable bonds is 8. The van der Waals surface area contributed by atoms with Crippen molar-refractivity contribution in [3.8, 4) is 0 Å².